The van der Waals surface area contributed by atoms with Crippen LogP contribution in [0.5, 0.6) is 11.5 Å². The third kappa shape index (κ3) is 2.59. The Morgan fingerprint density at radius 3 is 2.42 bits per heavy atom. The van der Waals surface area contributed by atoms with Gasteiger partial charge in [0, 0.05) is 19.2 Å². The Bertz CT molecular complexity index is 633. The van der Waals surface area contributed by atoms with Crippen molar-refractivity contribution in [3.8, 4) is 11.5 Å². The molecular weight excluding hydrogens is 264 g/mol. The van der Waals surface area contributed by atoms with E-state index in [4.69, 9.17) is 26.4 Å². The number of imidazole rings is 1. The summed E-state index contributed by atoms with van der Waals surface area (Å²) in [6, 6.07) is 3.81. The molecule has 6 heteroatoms. The smallest absolute Gasteiger partial charge is 0.178 e. The van der Waals surface area contributed by atoms with E-state index in [1.54, 1.807) is 21.3 Å². The van der Waals surface area contributed by atoms with Crippen molar-refractivity contribution in [3.63, 3.8) is 0 Å². The highest BCUT2D eigenvalue weighted by Crippen LogP contribution is 2.32. The van der Waals surface area contributed by atoms with E-state index in [0.717, 1.165) is 11.0 Å². The summed E-state index contributed by atoms with van der Waals surface area (Å²) in [7, 11) is 4.92. The van der Waals surface area contributed by atoms with E-state index < -0.39 is 0 Å². The van der Waals surface area contributed by atoms with E-state index >= 15 is 0 Å². The van der Waals surface area contributed by atoms with Crippen LogP contribution in [0.1, 0.15) is 6.92 Å². The summed E-state index contributed by atoms with van der Waals surface area (Å²) in [6.45, 7) is 2.69. The molecule has 1 unspecified atom stereocenters. The number of H-pyrrole nitrogens is 1. The summed E-state index contributed by atoms with van der Waals surface area (Å²) in [6.07, 6.45) is 0.0822. The Morgan fingerprint density at radius 2 is 1.84 bits per heavy atom. The minimum atomic E-state index is 0.0822. The number of aromatic nitrogens is 2. The van der Waals surface area contributed by atoms with Gasteiger partial charge in [-0.15, -0.1) is 0 Å². The first-order chi connectivity index (χ1) is 9.10. The summed E-state index contributed by atoms with van der Waals surface area (Å²) in [5.41, 5.74) is 1.90. The number of methoxy groups -OCH3 is 3. The Labute approximate surface area is 117 Å². The number of hydrogen-bond acceptors (Lipinski definition) is 4. The van der Waals surface area contributed by atoms with Gasteiger partial charge in [0.2, 0.25) is 0 Å². The fourth-order valence-corrected chi connectivity index (χ4v) is 2.28. The number of aromatic amines is 1. The summed E-state index contributed by atoms with van der Waals surface area (Å²) in [4.78, 5) is 3.17. The largest absolute Gasteiger partial charge is 0.493 e. The van der Waals surface area contributed by atoms with Gasteiger partial charge in [-0.2, -0.15) is 0 Å². The maximum Gasteiger partial charge on any atom is 0.178 e. The monoisotopic (exact) mass is 282 g/mol. The van der Waals surface area contributed by atoms with Gasteiger partial charge < -0.3 is 23.8 Å². The fraction of sp³-hybridized carbons (Fsp3) is 0.462. The lowest BCUT2D eigenvalue weighted by atomic mass is 10.2. The lowest BCUT2D eigenvalue weighted by Gasteiger charge is -2.12. The van der Waals surface area contributed by atoms with Crippen molar-refractivity contribution in [2.24, 2.45) is 0 Å². The normalized spacial score (nSPS) is 12.6. The van der Waals surface area contributed by atoms with Gasteiger partial charge in [-0.3, -0.25) is 0 Å². The first-order valence-electron chi connectivity index (χ1n) is 5.98. The van der Waals surface area contributed by atoms with Crippen LogP contribution in [0.2, 0.25) is 0 Å². The minimum Gasteiger partial charge on any atom is -0.493 e. The first-order valence-corrected chi connectivity index (χ1v) is 6.38. The van der Waals surface area contributed by atoms with Gasteiger partial charge in [-0.25, -0.2) is 0 Å². The van der Waals surface area contributed by atoms with Gasteiger partial charge in [0.1, 0.15) is 0 Å². The lowest BCUT2D eigenvalue weighted by molar-refractivity contribution is 0.104. The van der Waals surface area contributed by atoms with Gasteiger partial charge in [0.15, 0.2) is 16.3 Å². The third-order valence-corrected chi connectivity index (χ3v) is 3.44. The molecule has 0 bridgehead atoms. The quantitative estimate of drug-likeness (QED) is 0.857. The van der Waals surface area contributed by atoms with E-state index in [1.807, 2.05) is 23.6 Å². The van der Waals surface area contributed by atoms with Gasteiger partial charge in [-0.05, 0) is 19.1 Å². The maximum atomic E-state index is 5.35. The Kier molecular flexibility index (Phi) is 4.11. The molecule has 0 saturated heterocycles. The van der Waals surface area contributed by atoms with Gasteiger partial charge in [0.05, 0.1) is 37.9 Å². The zero-order valence-electron chi connectivity index (χ0n) is 11.5. The van der Waals surface area contributed by atoms with Crippen LogP contribution in [0.4, 0.5) is 0 Å². The van der Waals surface area contributed by atoms with Gasteiger partial charge >= 0.3 is 0 Å². The van der Waals surface area contributed by atoms with Crippen molar-refractivity contribution in [3.05, 3.63) is 16.9 Å². The molecule has 1 aromatic heterocycles. The number of ether oxygens (including phenoxy) is 3. The molecule has 0 aliphatic heterocycles. The molecule has 5 nitrogen and oxygen atoms in total. The van der Waals surface area contributed by atoms with Crippen molar-refractivity contribution in [1.29, 1.82) is 0 Å². The molecule has 0 fully saturated rings. The van der Waals surface area contributed by atoms with Crippen molar-refractivity contribution < 1.29 is 14.2 Å². The second kappa shape index (κ2) is 5.63. The molecule has 0 radical (unpaired) electrons. The van der Waals surface area contributed by atoms with Crippen LogP contribution >= 0.6 is 12.2 Å². The molecule has 0 amide bonds. The van der Waals surface area contributed by atoms with Gasteiger partial charge in [-0.1, -0.05) is 0 Å². The minimum absolute atomic E-state index is 0.0822. The van der Waals surface area contributed by atoms with Gasteiger partial charge in [0.25, 0.3) is 0 Å². The van der Waals surface area contributed by atoms with E-state index in [1.165, 1.54) is 0 Å². The van der Waals surface area contributed by atoms with Crippen LogP contribution in [-0.2, 0) is 11.3 Å². The second-order valence-electron chi connectivity index (χ2n) is 4.31. The summed E-state index contributed by atoms with van der Waals surface area (Å²) < 4.78 is 18.6. The molecule has 2 aromatic rings. The second-order valence-corrected chi connectivity index (χ2v) is 4.70. The van der Waals surface area contributed by atoms with Crippen LogP contribution < -0.4 is 9.47 Å². The predicted molar refractivity (Wildman–Crippen MR) is 76.7 cm³/mol. The topological polar surface area (TPSA) is 48.4 Å². The average molecular weight is 282 g/mol. The van der Waals surface area contributed by atoms with Crippen LogP contribution in [0.25, 0.3) is 11.0 Å². The number of fused-ring (bicyclic) bond motifs is 1. The maximum absolute atomic E-state index is 5.35. The molecule has 0 spiro atoms. The molecule has 19 heavy (non-hydrogen) atoms. The van der Waals surface area contributed by atoms with E-state index in [0.29, 0.717) is 22.8 Å². The Hall–Kier alpha value is -1.53. The number of hydrogen-bond donors (Lipinski definition) is 1. The molecular formula is C13H18N2O3S. The predicted octanol–water partition coefficient (Wildman–Crippen LogP) is 2.75. The van der Waals surface area contributed by atoms with E-state index in [2.05, 4.69) is 4.98 Å². The highest BCUT2D eigenvalue weighted by Gasteiger charge is 2.12. The molecule has 2 rings (SSSR count). The highest BCUT2D eigenvalue weighted by molar-refractivity contribution is 7.71. The van der Waals surface area contributed by atoms with Crippen LogP contribution in [-0.4, -0.2) is 37.0 Å². The molecule has 0 aliphatic carbocycles. The zero-order chi connectivity index (χ0) is 14.0. The summed E-state index contributed by atoms with van der Waals surface area (Å²) in [5, 5.41) is 0. The first kappa shape index (κ1) is 13.9. The van der Waals surface area contributed by atoms with Crippen LogP contribution in [0, 0.1) is 4.77 Å². The Morgan fingerprint density at radius 1 is 1.21 bits per heavy atom. The molecule has 1 heterocycles. The molecule has 104 valence electrons. The SMILES string of the molecule is COc1cc2[nH]c(=S)n(CC(C)OC)c2cc1OC. The molecule has 1 aromatic carbocycles. The molecule has 1 atom stereocenters. The standard InChI is InChI=1S/C13H18N2O3S/c1-8(16-2)7-15-10-6-12(18-4)11(17-3)5-9(10)14-13(15)19/h5-6,8H,7H2,1-4H3,(H,14,19). The lowest BCUT2D eigenvalue weighted by Crippen LogP contribution is -2.14. The molecule has 0 aliphatic rings. The Balaban J connectivity index is 2.59. The summed E-state index contributed by atoms with van der Waals surface area (Å²) >= 11 is 5.35. The van der Waals surface area contributed by atoms with E-state index in [9.17, 15) is 0 Å². The van der Waals surface area contributed by atoms with Crippen LogP contribution in [0.3, 0.4) is 0 Å². The number of rotatable bonds is 5. The number of nitrogens with zero attached hydrogens (tertiary/aromatic N) is 1. The fourth-order valence-electron chi connectivity index (χ4n) is 2.00. The average Bonchev–Trinajstić information content (AvgIpc) is 2.72. The van der Waals surface area contributed by atoms with Crippen molar-refractivity contribution in [1.82, 2.24) is 9.55 Å². The van der Waals surface area contributed by atoms with Crippen molar-refractivity contribution in [2.75, 3.05) is 21.3 Å². The third-order valence-electron chi connectivity index (χ3n) is 3.12. The summed E-state index contributed by atoms with van der Waals surface area (Å²) in [5.74, 6) is 1.36. The molecule has 1 N–H and O–H groups in total. The number of nitrogens with one attached hydrogen (secondary N) is 1. The van der Waals surface area contributed by atoms with Crippen LogP contribution in [0.15, 0.2) is 12.1 Å². The van der Waals surface area contributed by atoms with Crippen molar-refractivity contribution >= 4 is 23.3 Å². The highest BCUT2D eigenvalue weighted by atomic mass is 32.1. The number of benzene rings is 1. The molecule has 0 saturated carbocycles. The van der Waals surface area contributed by atoms with E-state index in [-0.39, 0.29) is 6.10 Å². The van der Waals surface area contributed by atoms with Crippen molar-refractivity contribution in [2.45, 2.75) is 19.6 Å². The zero-order valence-corrected chi connectivity index (χ0v) is 12.3.